The quantitative estimate of drug-likeness (QED) is 0.915. The minimum Gasteiger partial charge on any atom is -0.349 e. The van der Waals surface area contributed by atoms with Crippen LogP contribution in [0.3, 0.4) is 0 Å². The number of benzene rings is 1. The minimum atomic E-state index is -0.143. The van der Waals surface area contributed by atoms with Crippen molar-refractivity contribution in [1.82, 2.24) is 10.3 Å². The summed E-state index contributed by atoms with van der Waals surface area (Å²) < 4.78 is 0. The van der Waals surface area contributed by atoms with Crippen LogP contribution in [0.4, 0.5) is 11.4 Å². The largest absolute Gasteiger partial charge is 0.349 e. The predicted molar refractivity (Wildman–Crippen MR) is 86.0 cm³/mol. The van der Waals surface area contributed by atoms with Crippen molar-refractivity contribution in [3.8, 4) is 0 Å². The molecule has 0 radical (unpaired) electrons. The van der Waals surface area contributed by atoms with Crippen LogP contribution in [-0.2, 0) is 0 Å². The number of rotatable bonds is 5. The SMILES string of the molecule is CCN(c1ccccc1)c1ccnc(C(=O)NC(C)C)c1. The lowest BCUT2D eigenvalue weighted by atomic mass is 10.2. The van der Waals surface area contributed by atoms with Crippen LogP contribution in [-0.4, -0.2) is 23.5 Å². The van der Waals surface area contributed by atoms with Crippen molar-refractivity contribution in [3.05, 3.63) is 54.4 Å². The summed E-state index contributed by atoms with van der Waals surface area (Å²) in [5.41, 5.74) is 2.50. The lowest BCUT2D eigenvalue weighted by Crippen LogP contribution is -2.31. The highest BCUT2D eigenvalue weighted by molar-refractivity contribution is 5.93. The van der Waals surface area contributed by atoms with E-state index in [0.717, 1.165) is 17.9 Å². The second-order valence-corrected chi connectivity index (χ2v) is 5.11. The molecule has 21 heavy (non-hydrogen) atoms. The van der Waals surface area contributed by atoms with E-state index < -0.39 is 0 Å². The van der Waals surface area contributed by atoms with Gasteiger partial charge in [0, 0.05) is 30.2 Å². The molecule has 2 aromatic rings. The van der Waals surface area contributed by atoms with Gasteiger partial charge in [-0.25, -0.2) is 0 Å². The van der Waals surface area contributed by atoms with Gasteiger partial charge in [0.15, 0.2) is 0 Å². The Hall–Kier alpha value is -2.36. The molecule has 1 heterocycles. The van der Waals surface area contributed by atoms with Gasteiger partial charge in [-0.1, -0.05) is 18.2 Å². The third-order valence-corrected chi connectivity index (χ3v) is 3.09. The van der Waals surface area contributed by atoms with E-state index in [0.29, 0.717) is 5.69 Å². The molecule has 0 atom stereocenters. The van der Waals surface area contributed by atoms with Crippen molar-refractivity contribution < 1.29 is 4.79 Å². The van der Waals surface area contributed by atoms with Gasteiger partial charge in [-0.2, -0.15) is 0 Å². The number of hydrogen-bond donors (Lipinski definition) is 1. The Bertz CT molecular complexity index is 596. The molecule has 0 aliphatic rings. The predicted octanol–water partition coefficient (Wildman–Crippen LogP) is 3.38. The highest BCUT2D eigenvalue weighted by Gasteiger charge is 2.12. The molecule has 0 aliphatic carbocycles. The van der Waals surface area contributed by atoms with Crippen LogP contribution in [0.2, 0.25) is 0 Å². The molecule has 2 rings (SSSR count). The second-order valence-electron chi connectivity index (χ2n) is 5.11. The fraction of sp³-hybridized carbons (Fsp3) is 0.294. The molecule has 0 bridgehead atoms. The van der Waals surface area contributed by atoms with E-state index in [2.05, 4.69) is 34.3 Å². The molecule has 1 aromatic heterocycles. The number of para-hydroxylation sites is 1. The van der Waals surface area contributed by atoms with Gasteiger partial charge in [-0.15, -0.1) is 0 Å². The molecule has 1 amide bonds. The van der Waals surface area contributed by atoms with Gasteiger partial charge in [0.05, 0.1) is 0 Å². The van der Waals surface area contributed by atoms with Crippen LogP contribution in [0.5, 0.6) is 0 Å². The second kappa shape index (κ2) is 6.88. The average molecular weight is 283 g/mol. The Morgan fingerprint density at radius 3 is 2.52 bits per heavy atom. The number of carbonyl (C=O) groups excluding carboxylic acids is 1. The summed E-state index contributed by atoms with van der Waals surface area (Å²) in [4.78, 5) is 18.4. The summed E-state index contributed by atoms with van der Waals surface area (Å²) in [5.74, 6) is -0.143. The number of aromatic nitrogens is 1. The third kappa shape index (κ3) is 3.81. The summed E-state index contributed by atoms with van der Waals surface area (Å²) >= 11 is 0. The first-order chi connectivity index (χ1) is 10.1. The van der Waals surface area contributed by atoms with Gasteiger partial charge < -0.3 is 10.2 Å². The number of amides is 1. The van der Waals surface area contributed by atoms with E-state index in [1.807, 2.05) is 44.2 Å². The van der Waals surface area contributed by atoms with Gasteiger partial charge in [-0.3, -0.25) is 9.78 Å². The first-order valence-electron chi connectivity index (χ1n) is 7.21. The maximum atomic E-state index is 12.1. The first kappa shape index (κ1) is 15.0. The Morgan fingerprint density at radius 1 is 1.19 bits per heavy atom. The topological polar surface area (TPSA) is 45.2 Å². The van der Waals surface area contributed by atoms with Crippen LogP contribution in [0, 0.1) is 0 Å². The van der Waals surface area contributed by atoms with Gasteiger partial charge in [0.2, 0.25) is 0 Å². The zero-order chi connectivity index (χ0) is 15.2. The Kier molecular flexibility index (Phi) is 4.93. The maximum absolute atomic E-state index is 12.1. The number of carbonyl (C=O) groups is 1. The molecule has 0 aliphatic heterocycles. The molecule has 4 nitrogen and oxygen atoms in total. The molecule has 4 heteroatoms. The molecule has 1 N–H and O–H groups in total. The number of anilines is 2. The monoisotopic (exact) mass is 283 g/mol. The summed E-state index contributed by atoms with van der Waals surface area (Å²) in [6, 6.07) is 14.0. The number of pyridine rings is 1. The van der Waals surface area contributed by atoms with Crippen LogP contribution in [0.1, 0.15) is 31.3 Å². The highest BCUT2D eigenvalue weighted by Crippen LogP contribution is 2.24. The Balaban J connectivity index is 2.29. The van der Waals surface area contributed by atoms with Crippen molar-refractivity contribution in [2.45, 2.75) is 26.8 Å². The molecular weight excluding hydrogens is 262 g/mol. The van der Waals surface area contributed by atoms with Crippen molar-refractivity contribution in [1.29, 1.82) is 0 Å². The molecule has 1 aromatic carbocycles. The van der Waals surface area contributed by atoms with Gasteiger partial charge in [0.1, 0.15) is 5.69 Å². The van der Waals surface area contributed by atoms with Crippen molar-refractivity contribution in [2.75, 3.05) is 11.4 Å². The van der Waals surface area contributed by atoms with Crippen LogP contribution in [0.25, 0.3) is 0 Å². The summed E-state index contributed by atoms with van der Waals surface area (Å²) in [6.07, 6.45) is 1.68. The number of nitrogens with zero attached hydrogens (tertiary/aromatic N) is 2. The van der Waals surface area contributed by atoms with Gasteiger partial charge >= 0.3 is 0 Å². The third-order valence-electron chi connectivity index (χ3n) is 3.09. The normalized spacial score (nSPS) is 10.5. The molecule has 0 saturated heterocycles. The standard InChI is InChI=1S/C17H21N3O/c1-4-20(14-8-6-5-7-9-14)15-10-11-18-16(12-15)17(21)19-13(2)3/h5-13H,4H2,1-3H3,(H,19,21). The summed E-state index contributed by atoms with van der Waals surface area (Å²) in [6.45, 7) is 6.77. The lowest BCUT2D eigenvalue weighted by Gasteiger charge is -2.23. The van der Waals surface area contributed by atoms with Gasteiger partial charge in [0.25, 0.3) is 5.91 Å². The molecule has 0 fully saturated rings. The van der Waals surface area contributed by atoms with E-state index >= 15 is 0 Å². The lowest BCUT2D eigenvalue weighted by molar-refractivity contribution is 0.0938. The van der Waals surface area contributed by atoms with E-state index in [1.54, 1.807) is 6.20 Å². The van der Waals surface area contributed by atoms with E-state index in [1.165, 1.54) is 0 Å². The van der Waals surface area contributed by atoms with E-state index in [-0.39, 0.29) is 11.9 Å². The molecule has 110 valence electrons. The maximum Gasteiger partial charge on any atom is 0.270 e. The molecule has 0 saturated carbocycles. The Morgan fingerprint density at radius 2 is 1.90 bits per heavy atom. The van der Waals surface area contributed by atoms with E-state index in [9.17, 15) is 4.79 Å². The van der Waals surface area contributed by atoms with Crippen molar-refractivity contribution >= 4 is 17.3 Å². The molecule has 0 spiro atoms. The average Bonchev–Trinajstić information content (AvgIpc) is 2.49. The molecule has 0 unspecified atom stereocenters. The van der Waals surface area contributed by atoms with Crippen LogP contribution >= 0.6 is 0 Å². The fourth-order valence-corrected chi connectivity index (χ4v) is 2.17. The van der Waals surface area contributed by atoms with Crippen LogP contribution < -0.4 is 10.2 Å². The zero-order valence-electron chi connectivity index (χ0n) is 12.7. The highest BCUT2D eigenvalue weighted by atomic mass is 16.1. The summed E-state index contributed by atoms with van der Waals surface area (Å²) in [7, 11) is 0. The van der Waals surface area contributed by atoms with Crippen LogP contribution in [0.15, 0.2) is 48.7 Å². The van der Waals surface area contributed by atoms with Crippen molar-refractivity contribution in [3.63, 3.8) is 0 Å². The summed E-state index contributed by atoms with van der Waals surface area (Å²) in [5, 5.41) is 2.86. The Labute approximate surface area is 125 Å². The molecular formula is C17H21N3O. The number of nitrogens with one attached hydrogen (secondary N) is 1. The van der Waals surface area contributed by atoms with Gasteiger partial charge in [-0.05, 0) is 45.0 Å². The number of hydrogen-bond acceptors (Lipinski definition) is 3. The minimum absolute atomic E-state index is 0.0966. The smallest absolute Gasteiger partial charge is 0.270 e. The zero-order valence-corrected chi connectivity index (χ0v) is 12.7. The van der Waals surface area contributed by atoms with E-state index in [4.69, 9.17) is 0 Å². The first-order valence-corrected chi connectivity index (χ1v) is 7.21. The fourth-order valence-electron chi connectivity index (χ4n) is 2.17. The van der Waals surface area contributed by atoms with Crippen molar-refractivity contribution in [2.24, 2.45) is 0 Å².